The molecule has 1 aromatic rings. The molecule has 1 rings (SSSR count). The highest BCUT2D eigenvalue weighted by molar-refractivity contribution is 5.78. The van der Waals surface area contributed by atoms with Crippen LogP contribution in [0.5, 0.6) is 0 Å². The molecule has 88 valence electrons. The minimum absolute atomic E-state index is 0.287. The van der Waals surface area contributed by atoms with E-state index >= 15 is 0 Å². The monoisotopic (exact) mass is 223 g/mol. The Morgan fingerprint density at radius 1 is 1.62 bits per heavy atom. The molecule has 0 amide bonds. The summed E-state index contributed by atoms with van der Waals surface area (Å²) in [4.78, 5) is 15.2. The van der Waals surface area contributed by atoms with Gasteiger partial charge in [0.15, 0.2) is 5.60 Å². The van der Waals surface area contributed by atoms with Crippen LogP contribution >= 0.6 is 0 Å². The third-order valence-corrected chi connectivity index (χ3v) is 2.33. The molecule has 0 aliphatic heterocycles. The Morgan fingerprint density at radius 3 is 2.75 bits per heavy atom. The van der Waals surface area contributed by atoms with Gasteiger partial charge in [0.1, 0.15) is 0 Å². The number of hydrogen-bond acceptors (Lipinski definition) is 3. The summed E-state index contributed by atoms with van der Waals surface area (Å²) in [5.41, 5.74) is -0.762. The Kier molecular flexibility index (Phi) is 4.01. The Hall–Kier alpha value is -1.42. The smallest absolute Gasteiger partial charge is 0.340 e. The molecule has 1 unspecified atom stereocenters. The summed E-state index contributed by atoms with van der Waals surface area (Å²) in [6.07, 6.45) is 3.13. The average molecular weight is 223 g/mol. The number of nitrogens with zero attached hydrogens (tertiary/aromatic N) is 1. The van der Waals surface area contributed by atoms with Crippen molar-refractivity contribution in [3.63, 3.8) is 0 Å². The van der Waals surface area contributed by atoms with Crippen LogP contribution in [0.2, 0.25) is 0 Å². The lowest BCUT2D eigenvalue weighted by Crippen LogP contribution is -2.36. The van der Waals surface area contributed by atoms with Crippen LogP contribution in [0, 0.1) is 5.92 Å². The fourth-order valence-corrected chi connectivity index (χ4v) is 1.25. The van der Waals surface area contributed by atoms with E-state index < -0.39 is 11.6 Å². The number of aromatic nitrogens is 1. The first-order valence-corrected chi connectivity index (χ1v) is 5.24. The predicted octanol–water partition coefficient (Wildman–Crippen LogP) is 2.05. The van der Waals surface area contributed by atoms with E-state index in [-0.39, 0.29) is 5.92 Å². The molecule has 4 heteroatoms. The molecule has 0 aliphatic rings. The summed E-state index contributed by atoms with van der Waals surface area (Å²) in [6.45, 7) is 5.91. The SMILES string of the molecule is CC(C)COC(C)(C(=O)O)c1cccnc1. The van der Waals surface area contributed by atoms with Gasteiger partial charge in [-0.05, 0) is 18.9 Å². The third-order valence-electron chi connectivity index (χ3n) is 2.33. The lowest BCUT2D eigenvalue weighted by molar-refractivity contribution is -0.166. The summed E-state index contributed by atoms with van der Waals surface area (Å²) in [7, 11) is 0. The molecule has 0 aliphatic carbocycles. The van der Waals surface area contributed by atoms with Gasteiger partial charge < -0.3 is 9.84 Å². The Labute approximate surface area is 95.3 Å². The van der Waals surface area contributed by atoms with Crippen molar-refractivity contribution in [2.45, 2.75) is 26.4 Å². The highest BCUT2D eigenvalue weighted by Crippen LogP contribution is 2.25. The molecule has 1 atom stereocenters. The molecule has 1 heterocycles. The van der Waals surface area contributed by atoms with Gasteiger partial charge in [0, 0.05) is 18.0 Å². The van der Waals surface area contributed by atoms with Gasteiger partial charge in [0.25, 0.3) is 0 Å². The summed E-state index contributed by atoms with van der Waals surface area (Å²) in [5.74, 6) is -0.712. The molecule has 1 aromatic heterocycles. The largest absolute Gasteiger partial charge is 0.479 e. The summed E-state index contributed by atoms with van der Waals surface area (Å²) in [6, 6.07) is 3.41. The van der Waals surface area contributed by atoms with Crippen LogP contribution in [0.3, 0.4) is 0 Å². The number of aliphatic carboxylic acids is 1. The molecular weight excluding hydrogens is 206 g/mol. The summed E-state index contributed by atoms with van der Waals surface area (Å²) in [5, 5.41) is 9.25. The number of carboxylic acid groups (broad SMARTS) is 1. The van der Waals surface area contributed by atoms with Crippen LogP contribution in [0.1, 0.15) is 26.3 Å². The van der Waals surface area contributed by atoms with Gasteiger partial charge in [-0.15, -0.1) is 0 Å². The van der Waals surface area contributed by atoms with E-state index in [1.54, 1.807) is 25.3 Å². The Bertz CT molecular complexity index is 351. The second-order valence-corrected chi connectivity index (χ2v) is 4.28. The van der Waals surface area contributed by atoms with Gasteiger partial charge in [-0.3, -0.25) is 4.98 Å². The number of ether oxygens (including phenoxy) is 1. The molecular formula is C12H17NO3. The zero-order chi connectivity index (χ0) is 12.2. The van der Waals surface area contributed by atoms with Gasteiger partial charge in [0.05, 0.1) is 6.61 Å². The number of hydrogen-bond donors (Lipinski definition) is 1. The number of carboxylic acids is 1. The quantitative estimate of drug-likeness (QED) is 0.830. The summed E-state index contributed by atoms with van der Waals surface area (Å²) < 4.78 is 5.50. The molecule has 0 aromatic carbocycles. The van der Waals surface area contributed by atoms with Crippen LogP contribution in [-0.4, -0.2) is 22.7 Å². The highest BCUT2D eigenvalue weighted by atomic mass is 16.5. The fraction of sp³-hybridized carbons (Fsp3) is 0.500. The second-order valence-electron chi connectivity index (χ2n) is 4.28. The topological polar surface area (TPSA) is 59.4 Å². The number of carbonyl (C=O) groups is 1. The molecule has 4 nitrogen and oxygen atoms in total. The van der Waals surface area contributed by atoms with Gasteiger partial charge in [-0.2, -0.15) is 0 Å². The lowest BCUT2D eigenvalue weighted by atomic mass is 9.97. The van der Waals surface area contributed by atoms with E-state index in [0.29, 0.717) is 12.2 Å². The minimum Gasteiger partial charge on any atom is -0.479 e. The normalized spacial score (nSPS) is 14.8. The molecule has 0 radical (unpaired) electrons. The molecule has 0 bridgehead atoms. The Morgan fingerprint density at radius 2 is 2.31 bits per heavy atom. The molecule has 16 heavy (non-hydrogen) atoms. The summed E-state index contributed by atoms with van der Waals surface area (Å²) >= 11 is 0. The molecule has 1 N–H and O–H groups in total. The van der Waals surface area contributed by atoms with Crippen LogP contribution in [0.15, 0.2) is 24.5 Å². The van der Waals surface area contributed by atoms with E-state index in [0.717, 1.165) is 0 Å². The first-order valence-electron chi connectivity index (χ1n) is 5.24. The first kappa shape index (κ1) is 12.6. The van der Waals surface area contributed by atoms with Crippen molar-refractivity contribution in [3.8, 4) is 0 Å². The van der Waals surface area contributed by atoms with Crippen LogP contribution < -0.4 is 0 Å². The zero-order valence-corrected chi connectivity index (χ0v) is 9.80. The number of pyridine rings is 1. The minimum atomic E-state index is -1.32. The van der Waals surface area contributed by atoms with Crippen LogP contribution in [0.25, 0.3) is 0 Å². The first-order chi connectivity index (χ1) is 7.47. The van der Waals surface area contributed by atoms with E-state index in [1.165, 1.54) is 6.20 Å². The zero-order valence-electron chi connectivity index (χ0n) is 9.80. The van der Waals surface area contributed by atoms with Crippen molar-refractivity contribution in [3.05, 3.63) is 30.1 Å². The van der Waals surface area contributed by atoms with Crippen molar-refractivity contribution >= 4 is 5.97 Å². The highest BCUT2D eigenvalue weighted by Gasteiger charge is 2.36. The van der Waals surface area contributed by atoms with E-state index in [1.807, 2.05) is 13.8 Å². The van der Waals surface area contributed by atoms with E-state index in [2.05, 4.69) is 4.98 Å². The van der Waals surface area contributed by atoms with Crippen molar-refractivity contribution in [1.29, 1.82) is 0 Å². The second kappa shape index (κ2) is 5.07. The van der Waals surface area contributed by atoms with E-state index in [9.17, 15) is 9.90 Å². The van der Waals surface area contributed by atoms with Gasteiger partial charge in [-0.1, -0.05) is 19.9 Å². The number of rotatable bonds is 5. The van der Waals surface area contributed by atoms with Gasteiger partial charge >= 0.3 is 5.97 Å². The maximum absolute atomic E-state index is 11.3. The van der Waals surface area contributed by atoms with Crippen LogP contribution in [0.4, 0.5) is 0 Å². The fourth-order valence-electron chi connectivity index (χ4n) is 1.25. The van der Waals surface area contributed by atoms with Crippen molar-refractivity contribution < 1.29 is 14.6 Å². The molecule has 0 saturated heterocycles. The van der Waals surface area contributed by atoms with Gasteiger partial charge in [0.2, 0.25) is 0 Å². The third kappa shape index (κ3) is 2.79. The van der Waals surface area contributed by atoms with Crippen LogP contribution in [-0.2, 0) is 15.1 Å². The molecule has 0 saturated carbocycles. The molecule has 0 spiro atoms. The maximum Gasteiger partial charge on any atom is 0.340 e. The molecule has 0 fully saturated rings. The Balaban J connectivity index is 2.93. The predicted molar refractivity (Wildman–Crippen MR) is 60.0 cm³/mol. The van der Waals surface area contributed by atoms with E-state index in [4.69, 9.17) is 4.74 Å². The average Bonchev–Trinajstić information content (AvgIpc) is 2.26. The van der Waals surface area contributed by atoms with Gasteiger partial charge in [-0.25, -0.2) is 4.79 Å². The van der Waals surface area contributed by atoms with Crippen molar-refractivity contribution in [2.24, 2.45) is 5.92 Å². The lowest BCUT2D eigenvalue weighted by Gasteiger charge is -2.26. The van der Waals surface area contributed by atoms with Crippen molar-refractivity contribution in [2.75, 3.05) is 6.61 Å². The van der Waals surface area contributed by atoms with Crippen molar-refractivity contribution in [1.82, 2.24) is 4.98 Å². The maximum atomic E-state index is 11.3. The standard InChI is InChI=1S/C12H17NO3/c1-9(2)8-16-12(3,11(14)15)10-5-4-6-13-7-10/h4-7,9H,8H2,1-3H3,(H,14,15).